The fourth-order valence-corrected chi connectivity index (χ4v) is 10.2. The van der Waals surface area contributed by atoms with Crippen molar-refractivity contribution in [3.63, 3.8) is 0 Å². The maximum absolute atomic E-state index is 6.65. The van der Waals surface area contributed by atoms with Gasteiger partial charge in [-0.05, 0) is 115 Å². The number of rotatable bonds is 7. The smallest absolute Gasteiger partial charge is 0.0715 e. The highest BCUT2D eigenvalue weighted by molar-refractivity contribution is 5.92. The van der Waals surface area contributed by atoms with Gasteiger partial charge in [0.15, 0.2) is 0 Å². The first-order chi connectivity index (χ1) is 28.7. The van der Waals surface area contributed by atoms with Crippen molar-refractivity contribution in [1.82, 2.24) is 0 Å². The van der Waals surface area contributed by atoms with Gasteiger partial charge in [-0.2, -0.15) is 0 Å². The molecule has 2 nitrogen and oxygen atoms in total. The Labute approximate surface area is 340 Å². The van der Waals surface area contributed by atoms with E-state index in [0.29, 0.717) is 0 Å². The van der Waals surface area contributed by atoms with Gasteiger partial charge in [0.1, 0.15) is 0 Å². The van der Waals surface area contributed by atoms with Gasteiger partial charge in [-0.3, -0.25) is 0 Å². The van der Waals surface area contributed by atoms with Crippen molar-refractivity contribution in [2.24, 2.45) is 0 Å². The largest absolute Gasteiger partial charge is 0.399 e. The molecular weight excluding hydrogens is 701 g/mol. The Balaban J connectivity index is 1.19. The Kier molecular flexibility index (Phi) is 7.80. The highest BCUT2D eigenvalue weighted by Gasteiger charge is 2.48. The molecule has 0 amide bonds. The molecule has 58 heavy (non-hydrogen) atoms. The summed E-state index contributed by atoms with van der Waals surface area (Å²) in [4.78, 5) is 2.43. The monoisotopic (exact) mass is 740 g/mol. The molecule has 0 saturated heterocycles. The molecule has 0 unspecified atom stereocenters. The number of nitrogens with two attached hydrogens (primary N) is 1. The quantitative estimate of drug-likeness (QED) is 0.165. The molecule has 0 spiro atoms. The highest BCUT2D eigenvalue weighted by atomic mass is 15.1. The van der Waals surface area contributed by atoms with E-state index in [-0.39, 0.29) is 0 Å². The first-order valence-corrected chi connectivity index (χ1v) is 20.1. The SMILES string of the molecule is Nc1ccc2c(c1)C(c1ccccc1)(c1ccccc1)c1cc(N(c3ccccc3)c3ccc4c(c3)C(c3ccccc3)(c3ccccc3)c3ccccc3-4)ccc1-2. The molecule has 2 aliphatic rings. The highest BCUT2D eigenvalue weighted by Crippen LogP contribution is 2.59. The number of nitrogens with zero attached hydrogens (tertiary/aromatic N) is 1. The molecule has 2 aliphatic carbocycles. The van der Waals surface area contributed by atoms with Crippen LogP contribution in [0.4, 0.5) is 22.7 Å². The Morgan fingerprint density at radius 1 is 0.276 bits per heavy atom. The Hall–Kier alpha value is -7.42. The van der Waals surface area contributed by atoms with Crippen molar-refractivity contribution in [2.45, 2.75) is 10.8 Å². The summed E-state index contributed by atoms with van der Waals surface area (Å²) in [7, 11) is 0. The van der Waals surface area contributed by atoms with Crippen molar-refractivity contribution in [3.05, 3.63) is 275 Å². The predicted octanol–water partition coefficient (Wildman–Crippen LogP) is 13.5. The van der Waals surface area contributed by atoms with E-state index in [1.54, 1.807) is 0 Å². The maximum atomic E-state index is 6.65. The molecule has 0 atom stereocenters. The predicted molar refractivity (Wildman–Crippen MR) is 240 cm³/mol. The number of anilines is 4. The van der Waals surface area contributed by atoms with E-state index >= 15 is 0 Å². The van der Waals surface area contributed by atoms with Crippen LogP contribution in [0, 0.1) is 0 Å². The number of hydrogen-bond donors (Lipinski definition) is 1. The van der Waals surface area contributed by atoms with Crippen LogP contribution in [0.25, 0.3) is 22.3 Å². The van der Waals surface area contributed by atoms with Crippen molar-refractivity contribution < 1.29 is 0 Å². The normalized spacial score (nSPS) is 13.9. The second-order valence-corrected chi connectivity index (χ2v) is 15.4. The van der Waals surface area contributed by atoms with Gasteiger partial charge in [0.25, 0.3) is 0 Å². The van der Waals surface area contributed by atoms with Gasteiger partial charge in [-0.1, -0.05) is 182 Å². The van der Waals surface area contributed by atoms with E-state index in [4.69, 9.17) is 5.73 Å². The van der Waals surface area contributed by atoms with Crippen LogP contribution in [0.5, 0.6) is 0 Å². The minimum absolute atomic E-state index is 0.512. The number of para-hydroxylation sites is 1. The van der Waals surface area contributed by atoms with E-state index in [9.17, 15) is 0 Å². The number of fused-ring (bicyclic) bond motifs is 6. The lowest BCUT2D eigenvalue weighted by Gasteiger charge is -2.36. The van der Waals surface area contributed by atoms with Gasteiger partial charge < -0.3 is 10.6 Å². The summed E-state index contributed by atoms with van der Waals surface area (Å²) in [6.45, 7) is 0. The number of nitrogen functional groups attached to an aromatic ring is 1. The van der Waals surface area contributed by atoms with Crippen LogP contribution in [0.2, 0.25) is 0 Å². The molecular formula is C56H40N2. The second kappa shape index (κ2) is 13.4. The van der Waals surface area contributed by atoms with E-state index < -0.39 is 10.8 Å². The summed E-state index contributed by atoms with van der Waals surface area (Å²) in [5.74, 6) is 0. The van der Waals surface area contributed by atoms with Crippen LogP contribution in [0.1, 0.15) is 44.5 Å². The van der Waals surface area contributed by atoms with Crippen LogP contribution >= 0.6 is 0 Å². The fourth-order valence-electron chi connectivity index (χ4n) is 10.2. The molecule has 9 aromatic rings. The average Bonchev–Trinajstić information content (AvgIpc) is 3.75. The molecule has 0 aromatic heterocycles. The molecule has 0 fully saturated rings. The van der Waals surface area contributed by atoms with Gasteiger partial charge in [0.05, 0.1) is 10.8 Å². The van der Waals surface area contributed by atoms with Gasteiger partial charge in [-0.15, -0.1) is 0 Å². The topological polar surface area (TPSA) is 29.3 Å². The molecule has 2 heteroatoms. The molecule has 0 heterocycles. The van der Waals surface area contributed by atoms with Gasteiger partial charge in [-0.25, -0.2) is 0 Å². The first kappa shape index (κ1) is 33.9. The number of hydrogen-bond acceptors (Lipinski definition) is 2. The standard InChI is InChI=1S/C56H40N2/c57-43-30-33-48-50-35-32-46(38-54(50)56(52(48)36-43,41-22-10-3-11-23-41)42-24-12-4-13-25-42)58(44-26-14-5-15-27-44)45-31-34-49-47-28-16-17-29-51(47)55(53(49)37-45,39-18-6-1-7-19-39)40-20-8-2-9-21-40/h1-38H,57H2. The third-order valence-electron chi connectivity index (χ3n) is 12.5. The van der Waals surface area contributed by atoms with Gasteiger partial charge in [0.2, 0.25) is 0 Å². The zero-order valence-electron chi connectivity index (χ0n) is 32.0. The summed E-state index contributed by atoms with van der Waals surface area (Å²) < 4.78 is 0. The lowest BCUT2D eigenvalue weighted by Crippen LogP contribution is -2.29. The average molecular weight is 741 g/mol. The summed E-state index contributed by atoms with van der Waals surface area (Å²) in [5.41, 5.74) is 24.5. The molecule has 0 radical (unpaired) electrons. The Morgan fingerprint density at radius 2 is 0.621 bits per heavy atom. The lowest BCUT2D eigenvalue weighted by atomic mass is 9.67. The van der Waals surface area contributed by atoms with Crippen LogP contribution < -0.4 is 10.6 Å². The molecule has 11 rings (SSSR count). The van der Waals surface area contributed by atoms with Gasteiger partial charge in [0, 0.05) is 22.7 Å². The van der Waals surface area contributed by atoms with Crippen LogP contribution in [-0.4, -0.2) is 0 Å². The summed E-state index contributed by atoms with van der Waals surface area (Å²) in [5, 5.41) is 0. The van der Waals surface area contributed by atoms with E-state index in [1.165, 1.54) is 66.8 Å². The minimum Gasteiger partial charge on any atom is -0.399 e. The Bertz CT molecular complexity index is 2860. The van der Waals surface area contributed by atoms with Gasteiger partial charge >= 0.3 is 0 Å². The summed E-state index contributed by atoms with van der Waals surface area (Å²) in [6.07, 6.45) is 0. The Morgan fingerprint density at radius 3 is 1.09 bits per heavy atom. The molecule has 2 N–H and O–H groups in total. The third-order valence-corrected chi connectivity index (χ3v) is 12.5. The maximum Gasteiger partial charge on any atom is 0.0715 e. The van der Waals surface area contributed by atoms with E-state index in [1.807, 2.05) is 6.07 Å². The van der Waals surface area contributed by atoms with Crippen molar-refractivity contribution in [3.8, 4) is 22.3 Å². The molecule has 0 bridgehead atoms. The lowest BCUT2D eigenvalue weighted by molar-refractivity contribution is 0.767. The molecule has 0 aliphatic heterocycles. The fraction of sp³-hybridized carbons (Fsp3) is 0.0357. The van der Waals surface area contributed by atoms with Crippen LogP contribution in [0.3, 0.4) is 0 Å². The van der Waals surface area contributed by atoms with Crippen molar-refractivity contribution in [1.29, 1.82) is 0 Å². The van der Waals surface area contributed by atoms with E-state index in [2.05, 4.69) is 229 Å². The molecule has 9 aromatic carbocycles. The van der Waals surface area contributed by atoms with E-state index in [0.717, 1.165) is 22.7 Å². The zero-order valence-corrected chi connectivity index (χ0v) is 32.0. The summed E-state index contributed by atoms with van der Waals surface area (Å²) in [6, 6.07) is 84.3. The summed E-state index contributed by atoms with van der Waals surface area (Å²) >= 11 is 0. The zero-order chi connectivity index (χ0) is 38.7. The molecule has 274 valence electrons. The third kappa shape index (κ3) is 4.85. The van der Waals surface area contributed by atoms with Crippen LogP contribution in [0.15, 0.2) is 231 Å². The second-order valence-electron chi connectivity index (χ2n) is 15.4. The van der Waals surface area contributed by atoms with Crippen molar-refractivity contribution in [2.75, 3.05) is 10.6 Å². The molecule has 0 saturated carbocycles. The first-order valence-electron chi connectivity index (χ1n) is 20.1. The van der Waals surface area contributed by atoms with Crippen molar-refractivity contribution >= 4 is 22.7 Å². The minimum atomic E-state index is -0.587. The van der Waals surface area contributed by atoms with Crippen LogP contribution in [-0.2, 0) is 10.8 Å². The number of benzene rings is 9.